The van der Waals surface area contributed by atoms with E-state index in [0.717, 1.165) is 0 Å². The van der Waals surface area contributed by atoms with Crippen molar-refractivity contribution in [3.8, 4) is 5.69 Å². The van der Waals surface area contributed by atoms with Crippen molar-refractivity contribution >= 4 is 63.8 Å². The molecule has 0 spiro atoms. The third-order valence-electron chi connectivity index (χ3n) is 5.89. The Morgan fingerprint density at radius 2 is 1.79 bits per heavy atom. The molecule has 0 amide bonds. The second kappa shape index (κ2) is 10.7. The average Bonchev–Trinajstić information content (AvgIpc) is 2.87. The van der Waals surface area contributed by atoms with Gasteiger partial charge in [-0.1, -0.05) is 41.4 Å². The fourth-order valence-electron chi connectivity index (χ4n) is 3.96. The molecule has 10 nitrogen and oxygen atoms in total. The first kappa shape index (κ1) is 27.0. The van der Waals surface area contributed by atoms with Gasteiger partial charge in [-0.15, -0.1) is 0 Å². The number of benzene rings is 3. The number of aliphatic carboxylic acids is 1. The number of non-ortho nitro benzene ring substituents is 1. The van der Waals surface area contributed by atoms with Crippen LogP contribution in [0.2, 0.25) is 10.0 Å². The number of halogens is 2. The number of nitrogens with two attached hydrogens (primary N) is 1. The highest BCUT2D eigenvalue weighted by Gasteiger charge is 2.20. The lowest BCUT2D eigenvalue weighted by molar-refractivity contribution is -0.384. The number of amidine groups is 1. The summed E-state index contributed by atoms with van der Waals surface area (Å²) < 4.78 is 3.03. The van der Waals surface area contributed by atoms with E-state index in [-0.39, 0.29) is 43.7 Å². The summed E-state index contributed by atoms with van der Waals surface area (Å²) >= 11 is 17.8. The lowest BCUT2D eigenvalue weighted by atomic mass is 10.1. The van der Waals surface area contributed by atoms with Gasteiger partial charge in [0.2, 0.25) is 0 Å². The van der Waals surface area contributed by atoms with Crippen molar-refractivity contribution in [1.29, 1.82) is 0 Å². The van der Waals surface area contributed by atoms with E-state index in [9.17, 15) is 24.8 Å². The number of hydrogen-bond acceptors (Lipinski definition) is 6. The Balaban J connectivity index is 1.70. The van der Waals surface area contributed by atoms with Gasteiger partial charge < -0.3 is 15.4 Å². The first-order valence-electron chi connectivity index (χ1n) is 11.0. The van der Waals surface area contributed by atoms with Gasteiger partial charge in [0.1, 0.15) is 5.84 Å². The van der Waals surface area contributed by atoms with Crippen molar-refractivity contribution < 1.29 is 14.8 Å². The van der Waals surface area contributed by atoms with Crippen LogP contribution in [-0.4, -0.2) is 37.0 Å². The standard InChI is InChI=1S/C25H19Cl2N5O5S/c1-30-20-10-9-15(32(36)37)12-16(20)23(33)31(25(30)38)14-7-5-13(6-8-14)11-19(24(34)35)29-22(28)21-17(26)3-2-4-18(21)27/h2-10,12,19H,11H2,1H3,(H2,28,29)(H,34,35)/t19-/m0/s1. The minimum absolute atomic E-state index is 0.00823. The van der Waals surface area contributed by atoms with Crippen LogP contribution in [0.1, 0.15) is 11.1 Å². The van der Waals surface area contributed by atoms with Gasteiger partial charge >= 0.3 is 5.97 Å². The average molecular weight is 572 g/mol. The van der Waals surface area contributed by atoms with Crippen LogP contribution >= 0.6 is 35.4 Å². The van der Waals surface area contributed by atoms with E-state index >= 15 is 0 Å². The Morgan fingerprint density at radius 3 is 2.37 bits per heavy atom. The highest BCUT2D eigenvalue weighted by molar-refractivity contribution is 7.71. The van der Waals surface area contributed by atoms with Crippen LogP contribution in [0.4, 0.5) is 5.69 Å². The van der Waals surface area contributed by atoms with Crippen LogP contribution < -0.4 is 11.3 Å². The molecule has 1 aromatic heterocycles. The molecule has 4 aromatic rings. The maximum absolute atomic E-state index is 13.3. The van der Waals surface area contributed by atoms with Crippen LogP contribution in [0.5, 0.6) is 0 Å². The van der Waals surface area contributed by atoms with Crippen molar-refractivity contribution in [3.05, 3.63) is 107 Å². The number of aromatic nitrogens is 2. The smallest absolute Gasteiger partial charge is 0.328 e. The fourth-order valence-corrected chi connectivity index (χ4v) is 4.83. The first-order valence-corrected chi connectivity index (χ1v) is 12.2. The lowest BCUT2D eigenvalue weighted by Gasteiger charge is -2.14. The maximum Gasteiger partial charge on any atom is 0.328 e. The van der Waals surface area contributed by atoms with Crippen LogP contribution in [0.25, 0.3) is 16.6 Å². The van der Waals surface area contributed by atoms with E-state index in [0.29, 0.717) is 16.8 Å². The predicted octanol–water partition coefficient (Wildman–Crippen LogP) is 4.67. The normalized spacial score (nSPS) is 12.4. The SMILES string of the molecule is Cn1c(=S)n(-c2ccc(C[C@H](N=C(N)c3c(Cl)cccc3Cl)C(=O)O)cc2)c(=O)c2cc([N+](=O)[O-])ccc21. The third kappa shape index (κ3) is 5.17. The Kier molecular flexibility index (Phi) is 7.63. The summed E-state index contributed by atoms with van der Waals surface area (Å²) in [5.74, 6) is -1.31. The number of carbonyl (C=O) groups is 1. The van der Waals surface area contributed by atoms with Gasteiger partial charge in [0.25, 0.3) is 11.2 Å². The van der Waals surface area contributed by atoms with Crippen molar-refractivity contribution in [2.24, 2.45) is 17.8 Å². The molecule has 0 aliphatic carbocycles. The van der Waals surface area contributed by atoms with Gasteiger partial charge in [-0.05, 0) is 48.1 Å². The maximum atomic E-state index is 13.3. The Labute approximate surface area is 230 Å². The lowest BCUT2D eigenvalue weighted by Crippen LogP contribution is -2.26. The molecule has 1 atom stereocenters. The van der Waals surface area contributed by atoms with Gasteiger partial charge in [0.15, 0.2) is 10.8 Å². The van der Waals surface area contributed by atoms with E-state index in [1.54, 1.807) is 54.1 Å². The molecule has 0 saturated heterocycles. The van der Waals surface area contributed by atoms with Crippen LogP contribution in [-0.2, 0) is 18.3 Å². The zero-order valence-electron chi connectivity index (χ0n) is 19.7. The molecule has 4 rings (SSSR count). The highest BCUT2D eigenvalue weighted by atomic mass is 35.5. The van der Waals surface area contributed by atoms with Gasteiger partial charge in [0.05, 0.1) is 37.1 Å². The van der Waals surface area contributed by atoms with Gasteiger partial charge in [-0.25, -0.2) is 4.79 Å². The second-order valence-electron chi connectivity index (χ2n) is 8.28. The molecule has 194 valence electrons. The molecule has 0 saturated carbocycles. The minimum Gasteiger partial charge on any atom is -0.480 e. The summed E-state index contributed by atoms with van der Waals surface area (Å²) in [7, 11) is 1.66. The van der Waals surface area contributed by atoms with Crippen molar-refractivity contribution in [2.75, 3.05) is 0 Å². The summed E-state index contributed by atoms with van der Waals surface area (Å²) in [4.78, 5) is 40.0. The number of fused-ring (bicyclic) bond motifs is 1. The number of carboxylic acid groups (broad SMARTS) is 1. The molecule has 1 heterocycles. The summed E-state index contributed by atoms with van der Waals surface area (Å²) in [5, 5.41) is 21.6. The molecule has 0 bridgehead atoms. The van der Waals surface area contributed by atoms with Crippen LogP contribution in [0.15, 0.2) is 70.5 Å². The summed E-state index contributed by atoms with van der Waals surface area (Å²) in [6.07, 6.45) is -0.00823. The number of nitrogens with zero attached hydrogens (tertiary/aromatic N) is 4. The molecule has 3 N–H and O–H groups in total. The number of rotatable bonds is 7. The largest absolute Gasteiger partial charge is 0.480 e. The molecule has 0 fully saturated rings. The number of carboxylic acids is 1. The fraction of sp³-hybridized carbons (Fsp3) is 0.120. The van der Waals surface area contributed by atoms with Gasteiger partial charge in [0, 0.05) is 25.6 Å². The molecular weight excluding hydrogens is 553 g/mol. The third-order valence-corrected chi connectivity index (χ3v) is 6.97. The molecule has 13 heteroatoms. The summed E-state index contributed by atoms with van der Waals surface area (Å²) in [6.45, 7) is 0. The van der Waals surface area contributed by atoms with Crippen LogP contribution in [0, 0.1) is 14.9 Å². The number of aryl methyl sites for hydroxylation is 1. The topological polar surface area (TPSA) is 146 Å². The molecular formula is C25H19Cl2N5O5S. The second-order valence-corrected chi connectivity index (χ2v) is 9.46. The van der Waals surface area contributed by atoms with E-state index in [2.05, 4.69) is 4.99 Å². The van der Waals surface area contributed by atoms with Gasteiger partial charge in [-0.3, -0.25) is 24.5 Å². The molecule has 0 unspecified atom stereocenters. The molecule has 0 radical (unpaired) electrons. The van der Waals surface area contributed by atoms with E-state index in [4.69, 9.17) is 41.2 Å². The highest BCUT2D eigenvalue weighted by Crippen LogP contribution is 2.25. The Hall–Kier alpha value is -4.06. The number of nitro benzene ring substituents is 1. The van der Waals surface area contributed by atoms with Gasteiger partial charge in [-0.2, -0.15) is 0 Å². The molecule has 3 aromatic carbocycles. The summed E-state index contributed by atoms with van der Waals surface area (Å²) in [6, 6.07) is 14.0. The summed E-state index contributed by atoms with van der Waals surface area (Å²) in [5.41, 5.74) is 7.01. The number of nitro groups is 1. The zero-order chi connectivity index (χ0) is 27.7. The van der Waals surface area contributed by atoms with E-state index < -0.39 is 22.5 Å². The molecule has 38 heavy (non-hydrogen) atoms. The quantitative estimate of drug-likeness (QED) is 0.108. The van der Waals surface area contributed by atoms with Crippen molar-refractivity contribution in [1.82, 2.24) is 9.13 Å². The van der Waals surface area contributed by atoms with Crippen molar-refractivity contribution in [2.45, 2.75) is 12.5 Å². The predicted molar refractivity (Wildman–Crippen MR) is 148 cm³/mol. The van der Waals surface area contributed by atoms with E-state index in [1.807, 2.05) is 0 Å². The Morgan fingerprint density at radius 1 is 1.16 bits per heavy atom. The number of hydrogen-bond donors (Lipinski definition) is 2. The van der Waals surface area contributed by atoms with Crippen molar-refractivity contribution in [3.63, 3.8) is 0 Å². The monoisotopic (exact) mass is 571 g/mol. The minimum atomic E-state index is -1.23. The first-order chi connectivity index (χ1) is 18.0. The zero-order valence-corrected chi connectivity index (χ0v) is 22.0. The van der Waals surface area contributed by atoms with Crippen LogP contribution in [0.3, 0.4) is 0 Å². The van der Waals surface area contributed by atoms with E-state index in [1.165, 1.54) is 22.8 Å². The molecule has 0 aliphatic rings. The Bertz CT molecular complexity index is 1730. The molecule has 0 aliphatic heterocycles. The number of aliphatic imine (C=N–C) groups is 1.